The molecule has 0 atom stereocenters. The maximum absolute atomic E-state index is 2.73. The zero-order valence-electron chi connectivity index (χ0n) is 37.6. The molecule has 3 aromatic heterocycles. The molecule has 3 aliphatic rings. The lowest BCUT2D eigenvalue weighted by Gasteiger charge is -2.42. The molecular weight excluding hydrogens is 812 g/mol. The van der Waals surface area contributed by atoms with Gasteiger partial charge in [0.1, 0.15) is 0 Å². The number of hydrogen-bond donors (Lipinski definition) is 0. The summed E-state index contributed by atoms with van der Waals surface area (Å²) in [5.74, 6) is 0. The summed E-state index contributed by atoms with van der Waals surface area (Å²) in [5, 5.41) is 8.00. The third-order valence-electron chi connectivity index (χ3n) is 15.3. The fourth-order valence-corrected chi connectivity index (χ4v) is 14.2. The number of anilines is 2. The number of rotatable bonds is 1. The lowest BCUT2D eigenvalue weighted by Crippen LogP contribution is -2.60. The van der Waals surface area contributed by atoms with Crippen molar-refractivity contribution in [3.63, 3.8) is 0 Å². The van der Waals surface area contributed by atoms with E-state index in [-0.39, 0.29) is 23.1 Å². The number of nitrogens with zero attached hydrogens (tertiary/aromatic N) is 2. The highest BCUT2D eigenvalue weighted by molar-refractivity contribution is 7.26. The Morgan fingerprint density at radius 3 is 1.81 bits per heavy atom. The fraction of sp³-hybridized carbons (Fsp3) is 0.186. The standard InChI is InChI=1S/C59H47BN2S2/c1-57(2,3)32-17-20-34(21-18-32)62-49-29-46-40(39-25-33(58(4,5)6)19-24-45(39)59(46,7)8)26-41(49)37-22-23-38-42-27-43-35-13-9-11-15-51(35)64-54(43)31-48(42)61-50-28-44-36-14-10-12-16-52(36)63-53(44)30-47(50)60(62)55(37)56(38)61/h9-31H,1-8H3. The Labute approximate surface area is 382 Å². The van der Waals surface area contributed by atoms with Crippen molar-refractivity contribution >= 4 is 114 Å². The van der Waals surface area contributed by atoms with E-state index in [9.17, 15) is 0 Å². The summed E-state index contributed by atoms with van der Waals surface area (Å²) < 4.78 is 8.02. The summed E-state index contributed by atoms with van der Waals surface area (Å²) in [6.07, 6.45) is 0. The molecule has 2 nitrogen and oxygen atoms in total. The molecule has 1 aliphatic carbocycles. The van der Waals surface area contributed by atoms with Crippen LogP contribution in [-0.2, 0) is 16.2 Å². The molecule has 5 heteroatoms. The molecule has 0 unspecified atom stereocenters. The first kappa shape index (κ1) is 37.3. The van der Waals surface area contributed by atoms with Crippen molar-refractivity contribution in [1.29, 1.82) is 0 Å². The van der Waals surface area contributed by atoms with E-state index in [2.05, 4.69) is 204 Å². The van der Waals surface area contributed by atoms with E-state index in [1.807, 2.05) is 22.7 Å². The van der Waals surface area contributed by atoms with Crippen LogP contribution >= 0.6 is 22.7 Å². The first-order valence-electron chi connectivity index (χ1n) is 22.9. The van der Waals surface area contributed by atoms with E-state index < -0.39 is 0 Å². The van der Waals surface area contributed by atoms with E-state index in [0.717, 1.165) is 0 Å². The molecule has 2 aliphatic heterocycles. The zero-order chi connectivity index (χ0) is 43.3. The van der Waals surface area contributed by atoms with Crippen LogP contribution in [0.1, 0.15) is 77.6 Å². The van der Waals surface area contributed by atoms with E-state index >= 15 is 0 Å². The van der Waals surface area contributed by atoms with Gasteiger partial charge in [0, 0.05) is 79.2 Å². The molecule has 0 N–H and O–H groups in total. The molecule has 8 aromatic carbocycles. The second kappa shape index (κ2) is 12.1. The largest absolute Gasteiger partial charge is 0.376 e. The Bertz CT molecular complexity index is 3900. The topological polar surface area (TPSA) is 8.17 Å². The van der Waals surface area contributed by atoms with Crippen LogP contribution in [0.4, 0.5) is 11.4 Å². The van der Waals surface area contributed by atoms with Crippen LogP contribution < -0.4 is 15.7 Å². The first-order valence-corrected chi connectivity index (χ1v) is 24.5. The summed E-state index contributed by atoms with van der Waals surface area (Å²) in [6, 6.07) is 55.0. The van der Waals surface area contributed by atoms with Crippen LogP contribution in [0.15, 0.2) is 140 Å². The summed E-state index contributed by atoms with van der Waals surface area (Å²) in [4.78, 5) is 2.73. The van der Waals surface area contributed by atoms with Gasteiger partial charge in [-0.3, -0.25) is 0 Å². The normalized spacial score (nSPS) is 14.9. The van der Waals surface area contributed by atoms with Crippen LogP contribution in [0.3, 0.4) is 0 Å². The van der Waals surface area contributed by atoms with Crippen molar-refractivity contribution in [1.82, 2.24) is 4.57 Å². The monoisotopic (exact) mass is 858 g/mol. The van der Waals surface area contributed by atoms with Gasteiger partial charge in [-0.15, -0.1) is 22.7 Å². The number of hydrogen-bond acceptors (Lipinski definition) is 3. The summed E-state index contributed by atoms with van der Waals surface area (Å²) in [7, 11) is 0. The number of benzene rings is 8. The first-order chi connectivity index (χ1) is 30.7. The van der Waals surface area contributed by atoms with Crippen molar-refractivity contribution in [2.75, 3.05) is 4.81 Å². The highest BCUT2D eigenvalue weighted by atomic mass is 32.1. The van der Waals surface area contributed by atoms with Gasteiger partial charge >= 0.3 is 6.85 Å². The molecule has 0 saturated heterocycles. The van der Waals surface area contributed by atoms with Crippen molar-refractivity contribution in [3.8, 4) is 27.9 Å². The molecule has 11 aromatic rings. The van der Waals surface area contributed by atoms with E-state index in [4.69, 9.17) is 0 Å². The molecule has 0 saturated carbocycles. The Kier molecular flexibility index (Phi) is 7.07. The molecule has 0 amide bonds. The number of fused-ring (bicyclic) bond motifs is 17. The average molecular weight is 859 g/mol. The minimum absolute atomic E-state index is 0.0455. The van der Waals surface area contributed by atoms with Gasteiger partial charge in [-0.1, -0.05) is 134 Å². The van der Waals surface area contributed by atoms with Crippen molar-refractivity contribution in [3.05, 3.63) is 162 Å². The van der Waals surface area contributed by atoms with Gasteiger partial charge in [0.15, 0.2) is 0 Å². The Hall–Kier alpha value is -6.14. The van der Waals surface area contributed by atoms with Gasteiger partial charge < -0.3 is 9.38 Å². The summed E-state index contributed by atoms with van der Waals surface area (Å²) in [5.41, 5.74) is 20.1. The second-order valence-electron chi connectivity index (χ2n) is 21.3. The minimum Gasteiger partial charge on any atom is -0.376 e. The maximum Gasteiger partial charge on any atom is 0.333 e. The smallest absolute Gasteiger partial charge is 0.333 e. The Morgan fingerprint density at radius 2 is 1.11 bits per heavy atom. The third-order valence-corrected chi connectivity index (χ3v) is 17.5. The highest BCUT2D eigenvalue weighted by Gasteiger charge is 2.46. The minimum atomic E-state index is -0.154. The molecule has 14 rings (SSSR count). The molecule has 0 radical (unpaired) electrons. The van der Waals surface area contributed by atoms with Crippen LogP contribution in [0.5, 0.6) is 0 Å². The Balaban J connectivity index is 1.14. The van der Waals surface area contributed by atoms with Crippen LogP contribution in [0.2, 0.25) is 0 Å². The van der Waals surface area contributed by atoms with Gasteiger partial charge in [-0.25, -0.2) is 0 Å². The molecule has 5 heterocycles. The van der Waals surface area contributed by atoms with E-state index in [1.54, 1.807) is 0 Å². The molecule has 0 fully saturated rings. The molecule has 308 valence electrons. The van der Waals surface area contributed by atoms with Crippen molar-refractivity contribution < 1.29 is 0 Å². The SMILES string of the molecule is CC(C)(C)c1ccc(N2B3c4cc5sc6ccccc6c5cc4-n4c5cc6sc7ccccc7c6cc5c5ccc(c3c54)-c3cc4c(cc32)C(C)(C)c2ccc(C(C)(C)C)cc2-4)cc1. The lowest BCUT2D eigenvalue weighted by atomic mass is 9.44. The molecular formula is C59H47BN2S2. The number of aromatic nitrogens is 1. The predicted octanol–water partition coefficient (Wildman–Crippen LogP) is 15.7. The lowest BCUT2D eigenvalue weighted by molar-refractivity contribution is 0.589. The summed E-state index contributed by atoms with van der Waals surface area (Å²) in [6.45, 7) is 18.8. The van der Waals surface area contributed by atoms with Gasteiger partial charge in [0.05, 0.1) is 11.0 Å². The molecule has 0 bridgehead atoms. The van der Waals surface area contributed by atoms with E-state index in [1.165, 1.54) is 135 Å². The number of thiophene rings is 2. The summed E-state index contributed by atoms with van der Waals surface area (Å²) >= 11 is 3.84. The predicted molar refractivity (Wildman–Crippen MR) is 281 cm³/mol. The fourth-order valence-electron chi connectivity index (χ4n) is 11.9. The average Bonchev–Trinajstić information content (AvgIpc) is 3.99. The van der Waals surface area contributed by atoms with Gasteiger partial charge in [-0.2, -0.15) is 0 Å². The zero-order valence-corrected chi connectivity index (χ0v) is 39.2. The quantitative estimate of drug-likeness (QED) is 0.149. The van der Waals surface area contributed by atoms with Gasteiger partial charge in [0.2, 0.25) is 0 Å². The molecule has 0 spiro atoms. The highest BCUT2D eigenvalue weighted by Crippen LogP contribution is 2.55. The second-order valence-corrected chi connectivity index (χ2v) is 23.5. The van der Waals surface area contributed by atoms with Gasteiger partial charge in [0.25, 0.3) is 0 Å². The maximum atomic E-state index is 2.73. The molecule has 64 heavy (non-hydrogen) atoms. The van der Waals surface area contributed by atoms with Crippen LogP contribution in [0, 0.1) is 0 Å². The third kappa shape index (κ3) is 4.76. The van der Waals surface area contributed by atoms with E-state index in [0.29, 0.717) is 0 Å². The van der Waals surface area contributed by atoms with Crippen LogP contribution in [0.25, 0.3) is 90.1 Å². The van der Waals surface area contributed by atoms with Crippen molar-refractivity contribution in [2.45, 2.75) is 71.6 Å². The van der Waals surface area contributed by atoms with Crippen molar-refractivity contribution in [2.24, 2.45) is 0 Å². The van der Waals surface area contributed by atoms with Gasteiger partial charge in [-0.05, 0) is 121 Å². The Morgan fingerprint density at radius 1 is 0.469 bits per heavy atom. The van der Waals surface area contributed by atoms with Crippen LogP contribution in [-0.4, -0.2) is 11.4 Å².